The molecule has 1 aliphatic heterocycles. The van der Waals surface area contributed by atoms with Crippen LogP contribution in [0.3, 0.4) is 0 Å². The molecule has 1 fully saturated rings. The maximum absolute atomic E-state index is 13.5. The van der Waals surface area contributed by atoms with Gasteiger partial charge >= 0.3 is 0 Å². The third-order valence-electron chi connectivity index (χ3n) is 4.99. The van der Waals surface area contributed by atoms with Gasteiger partial charge in [0, 0.05) is 24.3 Å². The van der Waals surface area contributed by atoms with E-state index < -0.39 is 11.6 Å². The highest BCUT2D eigenvalue weighted by Gasteiger charge is 2.33. The average molecular weight is 407 g/mol. The molecule has 1 amide bonds. The number of nitrogens with zero attached hydrogens (tertiary/aromatic N) is 3. The van der Waals surface area contributed by atoms with E-state index in [0.717, 1.165) is 25.0 Å². The first-order chi connectivity index (χ1) is 13.4. The second-order valence-electron chi connectivity index (χ2n) is 6.90. The van der Waals surface area contributed by atoms with Gasteiger partial charge in [-0.1, -0.05) is 16.8 Å². The highest BCUT2D eigenvalue weighted by molar-refractivity contribution is 6.30. The first-order valence-corrected chi connectivity index (χ1v) is 9.24. The lowest BCUT2D eigenvalue weighted by Crippen LogP contribution is -2.45. The molecular formula is C19H17ClF2N4O2. The number of carbonyl (C=O) groups is 1. The Morgan fingerprint density at radius 3 is 2.82 bits per heavy atom. The van der Waals surface area contributed by atoms with Crippen LogP contribution in [0, 0.1) is 11.6 Å². The van der Waals surface area contributed by atoms with E-state index in [4.69, 9.17) is 16.1 Å². The average Bonchev–Trinajstić information content (AvgIpc) is 3.33. The molecule has 1 N–H and O–H groups in total. The number of hydrogen-bond donors (Lipinski definition) is 1. The largest absolute Gasteiger partial charge is 0.357 e. The van der Waals surface area contributed by atoms with E-state index in [0.29, 0.717) is 29.0 Å². The molecule has 2 atom stereocenters. The highest BCUT2D eigenvalue weighted by Crippen LogP contribution is 2.31. The fourth-order valence-corrected chi connectivity index (χ4v) is 3.56. The normalized spacial score (nSPS) is 19.8. The zero-order valence-electron chi connectivity index (χ0n) is 15.0. The molecule has 146 valence electrons. The number of halogens is 3. The van der Waals surface area contributed by atoms with Crippen molar-refractivity contribution in [2.45, 2.75) is 31.7 Å². The van der Waals surface area contributed by atoms with Gasteiger partial charge in [-0.15, -0.1) is 0 Å². The predicted molar refractivity (Wildman–Crippen MR) is 97.9 cm³/mol. The van der Waals surface area contributed by atoms with Crippen molar-refractivity contribution in [1.82, 2.24) is 20.0 Å². The van der Waals surface area contributed by atoms with E-state index in [1.807, 2.05) is 6.92 Å². The van der Waals surface area contributed by atoms with Gasteiger partial charge in [-0.3, -0.25) is 4.79 Å². The highest BCUT2D eigenvalue weighted by atomic mass is 35.5. The first kappa shape index (κ1) is 18.6. The lowest BCUT2D eigenvalue weighted by Gasteiger charge is -2.36. The van der Waals surface area contributed by atoms with Crippen LogP contribution in [0.1, 0.15) is 41.9 Å². The van der Waals surface area contributed by atoms with Gasteiger partial charge in [0.1, 0.15) is 0 Å². The van der Waals surface area contributed by atoms with E-state index in [-0.39, 0.29) is 23.4 Å². The molecule has 3 heterocycles. The fourth-order valence-electron chi connectivity index (χ4n) is 3.39. The van der Waals surface area contributed by atoms with Crippen LogP contribution in [0.15, 0.2) is 35.0 Å². The molecule has 0 saturated carbocycles. The van der Waals surface area contributed by atoms with E-state index in [2.05, 4.69) is 15.1 Å². The molecule has 1 saturated heterocycles. The maximum atomic E-state index is 13.5. The second kappa shape index (κ2) is 7.35. The van der Waals surface area contributed by atoms with E-state index >= 15 is 0 Å². The molecule has 0 spiro atoms. The van der Waals surface area contributed by atoms with Crippen molar-refractivity contribution in [1.29, 1.82) is 0 Å². The zero-order valence-corrected chi connectivity index (χ0v) is 15.7. The van der Waals surface area contributed by atoms with Gasteiger partial charge in [0.15, 0.2) is 11.6 Å². The number of piperidine rings is 1. The summed E-state index contributed by atoms with van der Waals surface area (Å²) >= 11 is 5.90. The Kier molecular flexibility index (Phi) is 4.89. The molecule has 3 aromatic rings. The van der Waals surface area contributed by atoms with Crippen molar-refractivity contribution in [3.63, 3.8) is 0 Å². The van der Waals surface area contributed by atoms with E-state index in [1.165, 1.54) is 6.07 Å². The number of likely N-dealkylation sites (tertiary alicyclic amines) is 1. The van der Waals surface area contributed by atoms with Crippen LogP contribution in [0.4, 0.5) is 8.78 Å². The molecule has 1 aromatic carbocycles. The maximum Gasteiger partial charge on any atom is 0.254 e. The molecule has 28 heavy (non-hydrogen) atoms. The van der Waals surface area contributed by atoms with E-state index in [1.54, 1.807) is 17.2 Å². The summed E-state index contributed by atoms with van der Waals surface area (Å²) in [5.41, 5.74) is 0.748. The summed E-state index contributed by atoms with van der Waals surface area (Å²) in [5.74, 6) is -1.71. The van der Waals surface area contributed by atoms with Crippen LogP contribution < -0.4 is 0 Å². The number of hydrogen-bond acceptors (Lipinski definition) is 4. The Morgan fingerprint density at radius 2 is 2.11 bits per heavy atom. The quantitative estimate of drug-likeness (QED) is 0.699. The van der Waals surface area contributed by atoms with Crippen molar-refractivity contribution in [3.05, 3.63) is 58.6 Å². The van der Waals surface area contributed by atoms with Gasteiger partial charge in [0.25, 0.3) is 5.91 Å². The van der Waals surface area contributed by atoms with Gasteiger partial charge < -0.3 is 14.4 Å². The topological polar surface area (TPSA) is 75.0 Å². The Bertz CT molecular complexity index is 1020. The van der Waals surface area contributed by atoms with Gasteiger partial charge in [-0.05, 0) is 44.0 Å². The number of amides is 1. The minimum absolute atomic E-state index is 0.0403. The smallest absolute Gasteiger partial charge is 0.254 e. The minimum Gasteiger partial charge on any atom is -0.357 e. The first-order valence-electron chi connectivity index (χ1n) is 8.86. The Balaban J connectivity index is 1.54. The predicted octanol–water partition coefficient (Wildman–Crippen LogP) is 4.40. The lowest BCUT2D eigenvalue weighted by atomic mass is 9.92. The second-order valence-corrected chi connectivity index (χ2v) is 7.33. The molecule has 4 rings (SSSR count). The SMILES string of the molecule is CC1CCC(c2nc(-c3cc(Cl)c[nH]3)no2)CN1C(=O)c1ccc(F)c(F)c1. The summed E-state index contributed by atoms with van der Waals surface area (Å²) in [5, 5.41) is 4.51. The summed E-state index contributed by atoms with van der Waals surface area (Å²) in [6.45, 7) is 2.28. The van der Waals surface area contributed by atoms with E-state index in [9.17, 15) is 13.6 Å². The van der Waals surface area contributed by atoms with Gasteiger partial charge in [-0.2, -0.15) is 4.98 Å². The van der Waals surface area contributed by atoms with Crippen LogP contribution >= 0.6 is 11.6 Å². The van der Waals surface area contributed by atoms with Gasteiger partial charge in [-0.25, -0.2) is 8.78 Å². The number of carbonyl (C=O) groups excluding carboxylic acids is 1. The third kappa shape index (κ3) is 3.52. The number of aromatic amines is 1. The number of aromatic nitrogens is 3. The molecule has 2 unspecified atom stereocenters. The zero-order chi connectivity index (χ0) is 19.8. The Hall–Kier alpha value is -2.74. The Morgan fingerprint density at radius 1 is 1.29 bits per heavy atom. The summed E-state index contributed by atoms with van der Waals surface area (Å²) in [6.07, 6.45) is 3.12. The third-order valence-corrected chi connectivity index (χ3v) is 5.21. The number of nitrogens with one attached hydrogen (secondary N) is 1. The summed E-state index contributed by atoms with van der Waals surface area (Å²) in [6, 6.07) is 4.82. The minimum atomic E-state index is -1.04. The molecule has 6 nitrogen and oxygen atoms in total. The van der Waals surface area contributed by atoms with Gasteiger partial charge in [0.05, 0.1) is 16.6 Å². The van der Waals surface area contributed by atoms with Crippen LogP contribution in [0.2, 0.25) is 5.02 Å². The van der Waals surface area contributed by atoms with Crippen LogP contribution in [-0.2, 0) is 0 Å². The fraction of sp³-hybridized carbons (Fsp3) is 0.316. The van der Waals surface area contributed by atoms with Crippen molar-refractivity contribution < 1.29 is 18.1 Å². The van der Waals surface area contributed by atoms with Crippen LogP contribution in [-0.4, -0.2) is 38.5 Å². The molecule has 0 radical (unpaired) electrons. The monoisotopic (exact) mass is 406 g/mol. The standard InChI is InChI=1S/C19H17ClF2N4O2/c1-10-2-3-12(18-24-17(25-28-18)16-7-13(20)8-23-16)9-26(10)19(27)11-4-5-14(21)15(22)6-11/h4-8,10,12,23H,2-3,9H2,1H3. The van der Waals surface area contributed by atoms with Crippen molar-refractivity contribution >= 4 is 17.5 Å². The van der Waals surface area contributed by atoms with Crippen LogP contribution in [0.25, 0.3) is 11.5 Å². The molecule has 1 aliphatic rings. The van der Waals surface area contributed by atoms with Crippen molar-refractivity contribution in [3.8, 4) is 11.5 Å². The number of rotatable bonds is 3. The number of H-pyrrole nitrogens is 1. The summed E-state index contributed by atoms with van der Waals surface area (Å²) in [4.78, 5) is 21.8. The molecular weight excluding hydrogens is 390 g/mol. The van der Waals surface area contributed by atoms with Crippen molar-refractivity contribution in [2.24, 2.45) is 0 Å². The molecule has 0 bridgehead atoms. The molecule has 9 heteroatoms. The van der Waals surface area contributed by atoms with Crippen LogP contribution in [0.5, 0.6) is 0 Å². The summed E-state index contributed by atoms with van der Waals surface area (Å²) < 4.78 is 32.1. The lowest BCUT2D eigenvalue weighted by molar-refractivity contribution is 0.0592. The van der Waals surface area contributed by atoms with Gasteiger partial charge in [0.2, 0.25) is 11.7 Å². The molecule has 0 aliphatic carbocycles. The van der Waals surface area contributed by atoms with Crippen molar-refractivity contribution in [2.75, 3.05) is 6.54 Å². The number of benzene rings is 1. The molecule has 2 aromatic heterocycles. The Labute approximate surface area is 164 Å². The summed E-state index contributed by atoms with van der Waals surface area (Å²) in [7, 11) is 0.